The van der Waals surface area contributed by atoms with Crippen LogP contribution in [0.3, 0.4) is 0 Å². The zero-order valence-corrected chi connectivity index (χ0v) is 20.6. The van der Waals surface area contributed by atoms with Crippen molar-refractivity contribution in [3.8, 4) is 11.5 Å². The molecule has 3 aromatic rings. The van der Waals surface area contributed by atoms with E-state index >= 15 is 0 Å². The van der Waals surface area contributed by atoms with E-state index in [2.05, 4.69) is 93.0 Å². The third kappa shape index (κ3) is 5.06. The van der Waals surface area contributed by atoms with Crippen LogP contribution in [0.15, 0.2) is 60.7 Å². The van der Waals surface area contributed by atoms with Crippen molar-refractivity contribution < 1.29 is 9.47 Å². The van der Waals surface area contributed by atoms with Gasteiger partial charge in [0.25, 0.3) is 0 Å². The summed E-state index contributed by atoms with van der Waals surface area (Å²) in [4.78, 5) is 0. The first-order chi connectivity index (χ1) is 14.1. The predicted octanol–water partition coefficient (Wildman–Crippen LogP) is 5.91. The smallest absolute Gasteiger partial charge is 0.145 e. The van der Waals surface area contributed by atoms with Gasteiger partial charge in [-0.25, -0.2) is 0 Å². The fraction of sp³-hybridized carbons (Fsp3) is 0.250. The van der Waals surface area contributed by atoms with Gasteiger partial charge in [-0.2, -0.15) is 0 Å². The van der Waals surface area contributed by atoms with E-state index in [1.165, 1.54) is 22.3 Å². The summed E-state index contributed by atoms with van der Waals surface area (Å²) in [6.45, 7) is 1.59. The summed E-state index contributed by atoms with van der Waals surface area (Å²) in [7, 11) is 1.73. The van der Waals surface area contributed by atoms with Crippen molar-refractivity contribution >= 4 is 45.2 Å². The lowest BCUT2D eigenvalue weighted by Crippen LogP contribution is -2.31. The predicted molar refractivity (Wildman–Crippen MR) is 134 cm³/mol. The van der Waals surface area contributed by atoms with Crippen LogP contribution in [0.25, 0.3) is 0 Å². The topological polar surface area (TPSA) is 30.5 Å². The fourth-order valence-electron chi connectivity index (χ4n) is 3.80. The first-order valence-electron chi connectivity index (χ1n) is 9.69. The normalized spacial score (nSPS) is 15.6. The Balaban J connectivity index is 1.50. The molecule has 0 aromatic heterocycles. The Hall–Kier alpha value is -1.32. The molecule has 5 heteroatoms. The molecule has 1 heterocycles. The van der Waals surface area contributed by atoms with Crippen LogP contribution in [-0.2, 0) is 19.4 Å². The molecule has 1 aliphatic heterocycles. The minimum Gasteiger partial charge on any atom is -0.495 e. The van der Waals surface area contributed by atoms with Crippen LogP contribution in [0.2, 0.25) is 0 Å². The van der Waals surface area contributed by atoms with E-state index < -0.39 is 0 Å². The van der Waals surface area contributed by atoms with Crippen LogP contribution in [-0.4, -0.2) is 13.7 Å². The quantitative estimate of drug-likeness (QED) is 0.352. The summed E-state index contributed by atoms with van der Waals surface area (Å²) < 4.78 is 13.9. The maximum absolute atomic E-state index is 6.03. The number of halogens is 2. The summed E-state index contributed by atoms with van der Waals surface area (Å²) in [5, 5.41) is 3.69. The Morgan fingerprint density at radius 3 is 2.45 bits per heavy atom. The van der Waals surface area contributed by atoms with E-state index in [1.54, 1.807) is 7.11 Å². The minimum atomic E-state index is 0.321. The zero-order chi connectivity index (χ0) is 20.2. The van der Waals surface area contributed by atoms with E-state index in [1.807, 2.05) is 18.2 Å². The van der Waals surface area contributed by atoms with Gasteiger partial charge in [-0.15, -0.1) is 0 Å². The van der Waals surface area contributed by atoms with Gasteiger partial charge in [-0.05, 0) is 111 Å². The van der Waals surface area contributed by atoms with E-state index in [-0.39, 0.29) is 0 Å². The lowest BCUT2D eigenvalue weighted by molar-refractivity contribution is 0.305. The summed E-state index contributed by atoms with van der Waals surface area (Å²) in [6.07, 6.45) is 2.00. The largest absolute Gasteiger partial charge is 0.495 e. The molecule has 3 nitrogen and oxygen atoms in total. The summed E-state index contributed by atoms with van der Waals surface area (Å²) in [6, 6.07) is 21.6. The zero-order valence-electron chi connectivity index (χ0n) is 16.3. The molecule has 4 rings (SSSR count). The van der Waals surface area contributed by atoms with Crippen molar-refractivity contribution in [2.75, 3.05) is 13.7 Å². The first-order valence-corrected chi connectivity index (χ1v) is 11.8. The van der Waals surface area contributed by atoms with Crippen molar-refractivity contribution in [3.63, 3.8) is 0 Å². The van der Waals surface area contributed by atoms with Gasteiger partial charge in [0.1, 0.15) is 18.1 Å². The van der Waals surface area contributed by atoms with Gasteiger partial charge < -0.3 is 14.8 Å². The molecule has 1 atom stereocenters. The molecule has 0 spiro atoms. The van der Waals surface area contributed by atoms with E-state index in [9.17, 15) is 0 Å². The molecule has 0 amide bonds. The second kappa shape index (κ2) is 9.66. The number of methoxy groups -OCH3 is 1. The lowest BCUT2D eigenvalue weighted by atomic mass is 9.90. The van der Waals surface area contributed by atoms with Crippen LogP contribution < -0.4 is 14.8 Å². The number of fused-ring (bicyclic) bond motifs is 1. The van der Waals surface area contributed by atoms with Crippen LogP contribution in [0.1, 0.15) is 28.3 Å². The van der Waals surface area contributed by atoms with E-state index in [0.717, 1.165) is 38.0 Å². The molecule has 29 heavy (non-hydrogen) atoms. The monoisotopic (exact) mass is 611 g/mol. The molecule has 1 unspecified atom stereocenters. The van der Waals surface area contributed by atoms with Gasteiger partial charge in [0, 0.05) is 6.04 Å². The number of ether oxygens (including phenoxy) is 2. The molecule has 1 aliphatic rings. The number of nitrogens with one attached hydrogen (secondary N) is 1. The number of hydrogen-bond donors (Lipinski definition) is 1. The van der Waals surface area contributed by atoms with Crippen molar-refractivity contribution in [1.29, 1.82) is 0 Å². The highest BCUT2D eigenvalue weighted by molar-refractivity contribution is 14.1. The van der Waals surface area contributed by atoms with Gasteiger partial charge >= 0.3 is 0 Å². The van der Waals surface area contributed by atoms with Crippen LogP contribution >= 0.6 is 45.2 Å². The van der Waals surface area contributed by atoms with Crippen LogP contribution in [0.4, 0.5) is 0 Å². The highest BCUT2D eigenvalue weighted by Gasteiger charge is 2.21. The van der Waals surface area contributed by atoms with Gasteiger partial charge in [0.2, 0.25) is 0 Å². The Kier molecular flexibility index (Phi) is 6.97. The Morgan fingerprint density at radius 2 is 1.72 bits per heavy atom. The van der Waals surface area contributed by atoms with Gasteiger partial charge in [-0.3, -0.25) is 0 Å². The molecule has 0 saturated heterocycles. The number of rotatable bonds is 6. The molecule has 1 N–H and O–H groups in total. The third-order valence-corrected chi connectivity index (χ3v) is 6.83. The summed E-state index contributed by atoms with van der Waals surface area (Å²) in [5.74, 6) is 1.91. The second-order valence-electron chi connectivity index (χ2n) is 7.19. The minimum absolute atomic E-state index is 0.321. The molecule has 0 bridgehead atoms. The fourth-order valence-corrected chi connectivity index (χ4v) is 6.14. The standard InChI is InChI=1S/C24H23I2NO2/c1-28-24-21(25)11-17(12-22(24)26)13-23-20-8-7-19(14-18(20)9-10-27-23)29-15-16-5-3-2-4-6-16/h2-8,11-12,14,23,27H,9-10,13,15H2,1H3. The van der Waals surface area contributed by atoms with Crippen molar-refractivity contribution in [2.45, 2.75) is 25.5 Å². The average molecular weight is 611 g/mol. The summed E-state index contributed by atoms with van der Waals surface area (Å²) >= 11 is 4.71. The summed E-state index contributed by atoms with van der Waals surface area (Å²) in [5.41, 5.74) is 5.28. The highest BCUT2D eigenvalue weighted by atomic mass is 127. The maximum Gasteiger partial charge on any atom is 0.145 e. The Morgan fingerprint density at radius 1 is 0.966 bits per heavy atom. The second-order valence-corrected chi connectivity index (χ2v) is 9.51. The molecule has 0 aliphatic carbocycles. The van der Waals surface area contributed by atoms with Crippen molar-refractivity contribution in [1.82, 2.24) is 5.32 Å². The molecule has 0 radical (unpaired) electrons. The van der Waals surface area contributed by atoms with Crippen molar-refractivity contribution in [3.05, 3.63) is 90.1 Å². The molecular formula is C24H23I2NO2. The third-order valence-electron chi connectivity index (χ3n) is 5.23. The SMILES string of the molecule is COc1c(I)cc(CC2NCCc3cc(OCc4ccccc4)ccc32)cc1I. The van der Waals surface area contributed by atoms with Crippen molar-refractivity contribution in [2.24, 2.45) is 0 Å². The van der Waals surface area contributed by atoms with Gasteiger partial charge in [0.15, 0.2) is 0 Å². The van der Waals surface area contributed by atoms with Gasteiger partial charge in [0.05, 0.1) is 14.3 Å². The van der Waals surface area contributed by atoms with Crippen LogP contribution in [0.5, 0.6) is 11.5 Å². The van der Waals surface area contributed by atoms with Crippen LogP contribution in [0, 0.1) is 7.14 Å². The van der Waals surface area contributed by atoms with Gasteiger partial charge in [-0.1, -0.05) is 36.4 Å². The molecule has 150 valence electrons. The highest BCUT2D eigenvalue weighted by Crippen LogP contribution is 2.33. The average Bonchev–Trinajstić information content (AvgIpc) is 2.73. The van der Waals surface area contributed by atoms with E-state index in [0.29, 0.717) is 12.6 Å². The lowest BCUT2D eigenvalue weighted by Gasteiger charge is -2.28. The molecule has 0 saturated carbocycles. The Labute approximate surface area is 199 Å². The van der Waals surface area contributed by atoms with E-state index in [4.69, 9.17) is 9.47 Å². The maximum atomic E-state index is 6.03. The number of hydrogen-bond acceptors (Lipinski definition) is 3. The first kappa shape index (κ1) is 20.9. The molecular weight excluding hydrogens is 588 g/mol. The molecule has 3 aromatic carbocycles. The number of benzene rings is 3. The molecule has 0 fully saturated rings. The Bertz CT molecular complexity index is 968.